The van der Waals surface area contributed by atoms with Crippen molar-refractivity contribution in [3.05, 3.63) is 63.5 Å². The van der Waals surface area contributed by atoms with Gasteiger partial charge in [0.15, 0.2) is 5.75 Å². The first-order valence-corrected chi connectivity index (χ1v) is 9.98. The lowest BCUT2D eigenvalue weighted by Gasteiger charge is -2.34. The minimum absolute atomic E-state index is 0.00442. The number of nitro benzene ring substituents is 1. The van der Waals surface area contributed by atoms with Gasteiger partial charge in [0.2, 0.25) is 5.75 Å². The van der Waals surface area contributed by atoms with Crippen LogP contribution in [0.1, 0.15) is 30.1 Å². The van der Waals surface area contributed by atoms with E-state index in [1.165, 1.54) is 32.4 Å². The third kappa shape index (κ3) is 5.06. The third-order valence-electron chi connectivity index (χ3n) is 5.73. The summed E-state index contributed by atoms with van der Waals surface area (Å²) in [4.78, 5) is 13.2. The van der Waals surface area contributed by atoms with E-state index < -0.39 is 11.0 Å². The van der Waals surface area contributed by atoms with Crippen molar-refractivity contribution in [3.8, 4) is 11.5 Å². The SMILES string of the molecule is COc1cc(C(O)C2CCN(CCc3ccc(F)cc3)CC2)cc([N+](=O)[O-])c1OC. The number of likely N-dealkylation sites (tertiary alicyclic amines) is 1. The molecule has 0 spiro atoms. The predicted molar refractivity (Wildman–Crippen MR) is 110 cm³/mol. The first-order valence-electron chi connectivity index (χ1n) is 9.98. The van der Waals surface area contributed by atoms with Crippen LogP contribution in [0.15, 0.2) is 36.4 Å². The summed E-state index contributed by atoms with van der Waals surface area (Å²) in [6.07, 6.45) is 1.59. The lowest BCUT2D eigenvalue weighted by molar-refractivity contribution is -0.385. The van der Waals surface area contributed by atoms with Gasteiger partial charge in [0.25, 0.3) is 0 Å². The minimum atomic E-state index is -0.817. The average molecular weight is 418 g/mol. The molecule has 2 aromatic rings. The summed E-state index contributed by atoms with van der Waals surface area (Å²) in [5.41, 5.74) is 1.34. The molecule has 8 heteroatoms. The monoisotopic (exact) mass is 418 g/mol. The molecule has 7 nitrogen and oxygen atoms in total. The number of piperidine rings is 1. The van der Waals surface area contributed by atoms with E-state index in [1.54, 1.807) is 18.2 Å². The van der Waals surface area contributed by atoms with E-state index in [2.05, 4.69) is 4.90 Å². The van der Waals surface area contributed by atoms with Gasteiger partial charge in [0.1, 0.15) is 5.82 Å². The van der Waals surface area contributed by atoms with E-state index in [1.807, 2.05) is 0 Å². The minimum Gasteiger partial charge on any atom is -0.493 e. The Hall–Kier alpha value is -2.71. The molecule has 0 aromatic heterocycles. The fraction of sp³-hybridized carbons (Fsp3) is 0.455. The fourth-order valence-corrected chi connectivity index (χ4v) is 3.97. The van der Waals surface area contributed by atoms with E-state index in [0.29, 0.717) is 5.56 Å². The Morgan fingerprint density at radius 3 is 2.43 bits per heavy atom. The topological polar surface area (TPSA) is 85.1 Å². The first kappa shape index (κ1) is 22.0. The number of nitro groups is 1. The summed E-state index contributed by atoms with van der Waals surface area (Å²) < 4.78 is 23.4. The lowest BCUT2D eigenvalue weighted by Crippen LogP contribution is -2.36. The number of methoxy groups -OCH3 is 2. The molecule has 1 saturated heterocycles. The van der Waals surface area contributed by atoms with Crippen LogP contribution in [0.25, 0.3) is 0 Å². The molecule has 0 radical (unpaired) electrons. The van der Waals surface area contributed by atoms with E-state index in [-0.39, 0.29) is 28.9 Å². The van der Waals surface area contributed by atoms with Crippen molar-refractivity contribution in [1.29, 1.82) is 0 Å². The van der Waals surface area contributed by atoms with Gasteiger partial charge in [-0.2, -0.15) is 0 Å². The van der Waals surface area contributed by atoms with Crippen molar-refractivity contribution in [2.45, 2.75) is 25.4 Å². The van der Waals surface area contributed by atoms with Gasteiger partial charge in [-0.3, -0.25) is 10.1 Å². The highest BCUT2D eigenvalue weighted by Crippen LogP contribution is 2.41. The predicted octanol–water partition coefficient (Wildman–Crippen LogP) is 3.74. The van der Waals surface area contributed by atoms with Crippen LogP contribution in [0.5, 0.6) is 11.5 Å². The van der Waals surface area contributed by atoms with Gasteiger partial charge < -0.3 is 19.5 Å². The molecule has 1 aliphatic rings. The summed E-state index contributed by atoms with van der Waals surface area (Å²) in [6.45, 7) is 2.53. The standard InChI is InChI=1S/C22H27FN2O5/c1-29-20-14-17(13-19(25(27)28)22(20)30-2)21(26)16-8-11-24(12-9-16)10-7-15-3-5-18(23)6-4-15/h3-6,13-14,16,21,26H,7-12H2,1-2H3. The van der Waals surface area contributed by atoms with Crippen LogP contribution < -0.4 is 9.47 Å². The molecule has 2 aromatic carbocycles. The molecule has 1 heterocycles. The van der Waals surface area contributed by atoms with Crippen molar-refractivity contribution in [2.75, 3.05) is 33.9 Å². The van der Waals surface area contributed by atoms with Gasteiger partial charge in [-0.15, -0.1) is 0 Å². The quantitative estimate of drug-likeness (QED) is 0.519. The van der Waals surface area contributed by atoms with Crippen LogP contribution in [-0.2, 0) is 6.42 Å². The van der Waals surface area contributed by atoms with E-state index in [4.69, 9.17) is 9.47 Å². The summed E-state index contributed by atoms with van der Waals surface area (Å²) in [5, 5.41) is 22.3. The smallest absolute Gasteiger partial charge is 0.315 e. The summed E-state index contributed by atoms with van der Waals surface area (Å²) in [5.74, 6) is 0.0558. The van der Waals surface area contributed by atoms with Crippen molar-refractivity contribution in [1.82, 2.24) is 4.90 Å². The third-order valence-corrected chi connectivity index (χ3v) is 5.73. The number of halogens is 1. The summed E-state index contributed by atoms with van der Waals surface area (Å²) >= 11 is 0. The Labute approximate surface area is 175 Å². The van der Waals surface area contributed by atoms with Crippen molar-refractivity contribution in [2.24, 2.45) is 5.92 Å². The number of ether oxygens (including phenoxy) is 2. The van der Waals surface area contributed by atoms with Crippen LogP contribution in [-0.4, -0.2) is 48.8 Å². The maximum absolute atomic E-state index is 13.0. The van der Waals surface area contributed by atoms with Crippen LogP contribution in [0.2, 0.25) is 0 Å². The molecule has 1 unspecified atom stereocenters. The Balaban J connectivity index is 1.62. The second-order valence-electron chi connectivity index (χ2n) is 7.53. The number of nitrogens with zero attached hydrogens (tertiary/aromatic N) is 2. The zero-order chi connectivity index (χ0) is 21.7. The second-order valence-corrected chi connectivity index (χ2v) is 7.53. The highest BCUT2D eigenvalue weighted by molar-refractivity contribution is 5.58. The zero-order valence-corrected chi connectivity index (χ0v) is 17.2. The Morgan fingerprint density at radius 2 is 1.87 bits per heavy atom. The van der Waals surface area contributed by atoms with Crippen LogP contribution in [0.3, 0.4) is 0 Å². The van der Waals surface area contributed by atoms with Crippen molar-refractivity contribution in [3.63, 3.8) is 0 Å². The molecule has 30 heavy (non-hydrogen) atoms. The van der Waals surface area contributed by atoms with Gasteiger partial charge >= 0.3 is 5.69 Å². The normalized spacial score (nSPS) is 16.3. The van der Waals surface area contributed by atoms with Crippen molar-refractivity contribution >= 4 is 5.69 Å². The molecule has 1 aliphatic heterocycles. The number of rotatable bonds is 8. The number of hydrogen-bond donors (Lipinski definition) is 1. The molecule has 0 bridgehead atoms. The van der Waals surface area contributed by atoms with Crippen LogP contribution in [0.4, 0.5) is 10.1 Å². The van der Waals surface area contributed by atoms with Gasteiger partial charge in [0.05, 0.1) is 25.2 Å². The number of benzene rings is 2. The van der Waals surface area contributed by atoms with Crippen molar-refractivity contribution < 1.29 is 23.9 Å². The molecule has 3 rings (SSSR count). The summed E-state index contributed by atoms with van der Waals surface area (Å²) in [6, 6.07) is 9.52. The highest BCUT2D eigenvalue weighted by Gasteiger charge is 2.30. The van der Waals surface area contributed by atoms with Gasteiger partial charge in [0, 0.05) is 12.6 Å². The first-order chi connectivity index (χ1) is 14.4. The number of aliphatic hydroxyl groups is 1. The van der Waals surface area contributed by atoms with E-state index in [0.717, 1.165) is 44.5 Å². The zero-order valence-electron chi connectivity index (χ0n) is 17.2. The molecule has 0 saturated carbocycles. The Kier molecular flexibility index (Phi) is 7.23. The van der Waals surface area contributed by atoms with E-state index in [9.17, 15) is 19.6 Å². The summed E-state index contributed by atoms with van der Waals surface area (Å²) in [7, 11) is 2.76. The molecule has 0 aliphatic carbocycles. The number of aliphatic hydroxyl groups excluding tert-OH is 1. The lowest BCUT2D eigenvalue weighted by atomic mass is 9.87. The maximum Gasteiger partial charge on any atom is 0.315 e. The highest BCUT2D eigenvalue weighted by atomic mass is 19.1. The molecule has 0 amide bonds. The van der Waals surface area contributed by atoms with Crippen LogP contribution >= 0.6 is 0 Å². The van der Waals surface area contributed by atoms with Gasteiger partial charge in [-0.05, 0) is 67.6 Å². The molecule has 1 fully saturated rings. The van der Waals surface area contributed by atoms with Gasteiger partial charge in [-0.1, -0.05) is 12.1 Å². The molecule has 162 valence electrons. The maximum atomic E-state index is 13.0. The molecular formula is C22H27FN2O5. The molecule has 1 N–H and O–H groups in total. The van der Waals surface area contributed by atoms with Gasteiger partial charge in [-0.25, -0.2) is 4.39 Å². The Bertz CT molecular complexity index is 867. The average Bonchev–Trinajstić information content (AvgIpc) is 2.77. The second kappa shape index (κ2) is 9.86. The largest absolute Gasteiger partial charge is 0.493 e. The van der Waals surface area contributed by atoms with E-state index >= 15 is 0 Å². The molecular weight excluding hydrogens is 391 g/mol. The molecule has 1 atom stereocenters. The van der Waals surface area contributed by atoms with Crippen LogP contribution in [0, 0.1) is 21.8 Å². The number of hydrogen-bond acceptors (Lipinski definition) is 6. The fourth-order valence-electron chi connectivity index (χ4n) is 3.97. The Morgan fingerprint density at radius 1 is 1.20 bits per heavy atom.